The van der Waals surface area contributed by atoms with Crippen LogP contribution in [0, 0.1) is 0 Å². The van der Waals surface area contributed by atoms with Gasteiger partial charge in [-0.3, -0.25) is 9.59 Å². The monoisotopic (exact) mass is 234 g/mol. The quantitative estimate of drug-likeness (QED) is 0.805. The van der Waals surface area contributed by atoms with Gasteiger partial charge >= 0.3 is 0 Å². The standard InChI is InChI=1S/C13H18N2O2/c1-9-4-3-5-10(2)15(9)13(17)11-6-7-14-12(16)8-11/h6-10H,3-5H2,1-2H3,(H,14,16)/t9-,10+. The van der Waals surface area contributed by atoms with Gasteiger partial charge in [0.2, 0.25) is 5.56 Å². The van der Waals surface area contributed by atoms with Gasteiger partial charge < -0.3 is 9.88 Å². The summed E-state index contributed by atoms with van der Waals surface area (Å²) >= 11 is 0. The summed E-state index contributed by atoms with van der Waals surface area (Å²) in [5.41, 5.74) is 0.252. The Hall–Kier alpha value is -1.58. The number of nitrogens with zero attached hydrogens (tertiary/aromatic N) is 1. The molecule has 1 aliphatic rings. The molecular formula is C13H18N2O2. The second-order valence-electron chi connectivity index (χ2n) is 4.78. The zero-order valence-electron chi connectivity index (χ0n) is 10.3. The largest absolute Gasteiger partial charge is 0.333 e. The maximum absolute atomic E-state index is 12.3. The molecule has 1 N–H and O–H groups in total. The van der Waals surface area contributed by atoms with E-state index in [-0.39, 0.29) is 23.6 Å². The number of aromatic nitrogens is 1. The highest BCUT2D eigenvalue weighted by Crippen LogP contribution is 2.24. The summed E-state index contributed by atoms with van der Waals surface area (Å²) in [5, 5.41) is 0. The van der Waals surface area contributed by atoms with Crippen LogP contribution in [-0.2, 0) is 0 Å². The fourth-order valence-electron chi connectivity index (χ4n) is 2.55. The van der Waals surface area contributed by atoms with E-state index in [0.717, 1.165) is 12.8 Å². The van der Waals surface area contributed by atoms with Gasteiger partial charge in [-0.25, -0.2) is 0 Å². The van der Waals surface area contributed by atoms with E-state index in [4.69, 9.17) is 0 Å². The van der Waals surface area contributed by atoms with Crippen LogP contribution in [0.25, 0.3) is 0 Å². The minimum absolute atomic E-state index is 0.0317. The minimum atomic E-state index is -0.229. The molecule has 0 bridgehead atoms. The molecular weight excluding hydrogens is 216 g/mol. The van der Waals surface area contributed by atoms with Crippen LogP contribution in [0.3, 0.4) is 0 Å². The Labute approximate surface area is 101 Å². The van der Waals surface area contributed by atoms with E-state index < -0.39 is 0 Å². The smallest absolute Gasteiger partial charge is 0.254 e. The van der Waals surface area contributed by atoms with Gasteiger partial charge in [0, 0.05) is 29.9 Å². The van der Waals surface area contributed by atoms with Crippen molar-refractivity contribution in [3.8, 4) is 0 Å². The SMILES string of the molecule is C[C@@H]1CCC[C@H](C)N1C(=O)c1cc[nH]c(=O)c1. The fraction of sp³-hybridized carbons (Fsp3) is 0.538. The van der Waals surface area contributed by atoms with Gasteiger partial charge in [-0.15, -0.1) is 0 Å². The third-order valence-corrected chi connectivity index (χ3v) is 3.45. The molecule has 0 saturated carbocycles. The molecule has 0 spiro atoms. The number of hydrogen-bond donors (Lipinski definition) is 1. The fourth-order valence-corrected chi connectivity index (χ4v) is 2.55. The van der Waals surface area contributed by atoms with E-state index in [1.807, 2.05) is 4.90 Å². The van der Waals surface area contributed by atoms with E-state index in [1.165, 1.54) is 18.7 Å². The predicted molar refractivity (Wildman–Crippen MR) is 66.0 cm³/mol. The molecule has 2 rings (SSSR count). The van der Waals surface area contributed by atoms with Crippen molar-refractivity contribution in [2.45, 2.75) is 45.2 Å². The Balaban J connectivity index is 2.27. The molecule has 2 heterocycles. The Morgan fingerprint density at radius 3 is 2.59 bits per heavy atom. The maximum Gasteiger partial charge on any atom is 0.254 e. The highest BCUT2D eigenvalue weighted by Gasteiger charge is 2.29. The van der Waals surface area contributed by atoms with Gasteiger partial charge in [0.1, 0.15) is 0 Å². The van der Waals surface area contributed by atoms with E-state index in [1.54, 1.807) is 6.07 Å². The average molecular weight is 234 g/mol. The normalized spacial score (nSPS) is 24.7. The Morgan fingerprint density at radius 2 is 2.00 bits per heavy atom. The zero-order valence-corrected chi connectivity index (χ0v) is 10.3. The lowest BCUT2D eigenvalue weighted by atomic mass is 9.96. The predicted octanol–water partition coefficient (Wildman–Crippen LogP) is 1.78. The molecule has 2 atom stereocenters. The van der Waals surface area contributed by atoms with Crippen molar-refractivity contribution in [2.75, 3.05) is 0 Å². The number of nitrogens with one attached hydrogen (secondary N) is 1. The van der Waals surface area contributed by atoms with Crippen LogP contribution in [-0.4, -0.2) is 27.9 Å². The van der Waals surface area contributed by atoms with Gasteiger partial charge in [-0.2, -0.15) is 0 Å². The molecule has 1 amide bonds. The van der Waals surface area contributed by atoms with Crippen LogP contribution in [0.4, 0.5) is 0 Å². The number of aromatic amines is 1. The number of piperidine rings is 1. The number of amides is 1. The van der Waals surface area contributed by atoms with E-state index >= 15 is 0 Å². The number of carbonyl (C=O) groups is 1. The van der Waals surface area contributed by atoms with Crippen LogP contribution in [0.2, 0.25) is 0 Å². The topological polar surface area (TPSA) is 53.2 Å². The third-order valence-electron chi connectivity index (χ3n) is 3.45. The summed E-state index contributed by atoms with van der Waals surface area (Å²) in [6.45, 7) is 4.14. The van der Waals surface area contributed by atoms with Crippen LogP contribution in [0.15, 0.2) is 23.1 Å². The lowest BCUT2D eigenvalue weighted by Gasteiger charge is -2.39. The van der Waals surface area contributed by atoms with Crippen LogP contribution >= 0.6 is 0 Å². The molecule has 0 aliphatic carbocycles. The molecule has 1 aromatic rings. The first kappa shape index (κ1) is 11.9. The van der Waals surface area contributed by atoms with Crippen LogP contribution < -0.4 is 5.56 Å². The van der Waals surface area contributed by atoms with Gasteiger partial charge in [0.05, 0.1) is 0 Å². The first-order valence-corrected chi connectivity index (χ1v) is 6.11. The van der Waals surface area contributed by atoms with Gasteiger partial charge in [0.15, 0.2) is 0 Å². The molecule has 1 fully saturated rings. The van der Waals surface area contributed by atoms with Crippen molar-refractivity contribution in [3.05, 3.63) is 34.2 Å². The zero-order chi connectivity index (χ0) is 12.4. The summed E-state index contributed by atoms with van der Waals surface area (Å²) < 4.78 is 0. The summed E-state index contributed by atoms with van der Waals surface area (Å²) in [6, 6.07) is 3.55. The van der Waals surface area contributed by atoms with E-state index in [2.05, 4.69) is 18.8 Å². The number of likely N-dealkylation sites (tertiary alicyclic amines) is 1. The van der Waals surface area contributed by atoms with Crippen molar-refractivity contribution in [1.82, 2.24) is 9.88 Å². The van der Waals surface area contributed by atoms with E-state index in [0.29, 0.717) is 5.56 Å². The van der Waals surface area contributed by atoms with Crippen molar-refractivity contribution >= 4 is 5.91 Å². The van der Waals surface area contributed by atoms with Crippen molar-refractivity contribution in [2.24, 2.45) is 0 Å². The van der Waals surface area contributed by atoms with Crippen molar-refractivity contribution in [3.63, 3.8) is 0 Å². The molecule has 4 heteroatoms. The van der Waals surface area contributed by atoms with Crippen LogP contribution in [0.5, 0.6) is 0 Å². The molecule has 0 unspecified atom stereocenters. The molecule has 92 valence electrons. The first-order chi connectivity index (χ1) is 8.09. The van der Waals surface area contributed by atoms with Gasteiger partial charge in [-0.1, -0.05) is 0 Å². The van der Waals surface area contributed by atoms with Crippen molar-refractivity contribution in [1.29, 1.82) is 0 Å². The number of carbonyl (C=O) groups excluding carboxylic acids is 1. The molecule has 0 radical (unpaired) electrons. The Bertz CT molecular complexity index is 456. The lowest BCUT2D eigenvalue weighted by Crippen LogP contribution is -2.47. The maximum atomic E-state index is 12.3. The first-order valence-electron chi connectivity index (χ1n) is 6.11. The average Bonchev–Trinajstić information content (AvgIpc) is 2.28. The lowest BCUT2D eigenvalue weighted by molar-refractivity contribution is 0.0510. The molecule has 1 aliphatic heterocycles. The van der Waals surface area contributed by atoms with Crippen molar-refractivity contribution < 1.29 is 4.79 Å². The highest BCUT2D eigenvalue weighted by molar-refractivity contribution is 5.94. The summed E-state index contributed by atoms with van der Waals surface area (Å²) in [5.74, 6) is -0.0317. The third kappa shape index (κ3) is 2.40. The Morgan fingerprint density at radius 1 is 1.35 bits per heavy atom. The number of rotatable bonds is 1. The summed E-state index contributed by atoms with van der Waals surface area (Å²) in [6.07, 6.45) is 4.77. The van der Waals surface area contributed by atoms with Crippen LogP contribution in [0.1, 0.15) is 43.5 Å². The van der Waals surface area contributed by atoms with Gasteiger partial charge in [-0.05, 0) is 39.2 Å². The highest BCUT2D eigenvalue weighted by atomic mass is 16.2. The number of H-pyrrole nitrogens is 1. The minimum Gasteiger partial charge on any atom is -0.333 e. The molecule has 1 aromatic heterocycles. The van der Waals surface area contributed by atoms with E-state index in [9.17, 15) is 9.59 Å². The number of pyridine rings is 1. The number of hydrogen-bond acceptors (Lipinski definition) is 2. The summed E-state index contributed by atoms with van der Waals surface area (Å²) in [4.78, 5) is 28.0. The summed E-state index contributed by atoms with van der Waals surface area (Å²) in [7, 11) is 0. The molecule has 0 aromatic carbocycles. The Kier molecular flexibility index (Phi) is 3.31. The second kappa shape index (κ2) is 4.73. The second-order valence-corrected chi connectivity index (χ2v) is 4.78. The molecule has 17 heavy (non-hydrogen) atoms. The molecule has 4 nitrogen and oxygen atoms in total. The molecule has 1 saturated heterocycles. The van der Waals surface area contributed by atoms with Gasteiger partial charge in [0.25, 0.3) is 5.91 Å².